The largest absolute Gasteiger partial charge is 0.343 e. The Bertz CT molecular complexity index is 7100. The summed E-state index contributed by atoms with van der Waals surface area (Å²) in [5.74, 6) is -0.220. The second-order valence-corrected chi connectivity index (χ2v) is 45.0. The molecule has 12 aromatic rings. The number of nitrogens with two attached hydrogens (primary N) is 2. The zero-order chi connectivity index (χ0) is 104. The third-order valence-corrected chi connectivity index (χ3v) is 34.4. The van der Waals surface area contributed by atoms with Crippen molar-refractivity contribution in [2.45, 2.75) is 180 Å². The van der Waals surface area contributed by atoms with Crippen molar-refractivity contribution in [3.63, 3.8) is 0 Å². The van der Waals surface area contributed by atoms with E-state index < -0.39 is 40.1 Å². The Labute approximate surface area is 859 Å². The monoisotopic (exact) mass is 2070 g/mol. The smallest absolute Gasteiger partial charge is 0.255 e. The molecular formula is C111H130N16O16S4. The predicted octanol–water partition coefficient (Wildman–Crippen LogP) is 13.9. The molecule has 2 atom stereocenters. The Morgan fingerprint density at radius 1 is 0.299 bits per heavy atom. The van der Waals surface area contributed by atoms with E-state index in [4.69, 9.17) is 11.5 Å². The Kier molecular flexibility index (Phi) is 36.5. The van der Waals surface area contributed by atoms with Gasteiger partial charge in [-0.05, 0) is 232 Å². The molecule has 147 heavy (non-hydrogen) atoms. The van der Waals surface area contributed by atoms with Crippen LogP contribution in [0.4, 0.5) is 22.7 Å². The van der Waals surface area contributed by atoms with E-state index >= 15 is 0 Å². The fourth-order valence-corrected chi connectivity index (χ4v) is 26.0. The van der Waals surface area contributed by atoms with Gasteiger partial charge in [-0.25, -0.2) is 52.6 Å². The van der Waals surface area contributed by atoms with E-state index in [-0.39, 0.29) is 97.0 Å². The van der Waals surface area contributed by atoms with Crippen LogP contribution in [0.15, 0.2) is 262 Å². The molecule has 18 rings (SSSR count). The molecule has 6 heterocycles. The van der Waals surface area contributed by atoms with Gasteiger partial charge < -0.3 is 63.0 Å². The van der Waals surface area contributed by atoms with E-state index in [1.807, 2.05) is 116 Å². The Morgan fingerprint density at radius 2 is 0.571 bits per heavy atom. The number of hydrogen-bond donors (Lipinski definition) is 12. The maximum atomic E-state index is 13.5. The van der Waals surface area contributed by atoms with Gasteiger partial charge in [-0.3, -0.25) is 38.4 Å². The van der Waals surface area contributed by atoms with Crippen LogP contribution >= 0.6 is 0 Å². The van der Waals surface area contributed by atoms with Crippen LogP contribution < -0.4 is 62.3 Å². The standard InChI is InChI=1S/2C29H34N4O4S.C27H32N4O4S.C26H30N4O4S/c1-20-7-2-3-9-23(20)29(35)31-26-12-4-11-25-24(26)10-5-13-27(25)38(36,37)32-21-14-17-33(18-15-21)28(34)19-22-8-6-16-30-22;1-20-6-2-3-7-23(20)29(35)31-26-10-4-9-25-24(26)8-5-11-27(25)38(36,37)32-22-13-16-33(17-14-22)28(34)18-21-12-15-30-19-21;1-19-7-2-3-8-21(19)27(33)29-24-11-4-10-23-22(24)9-5-12-25(23)36(34,35)30-20-14-17-31(18-15-20)26(32)13-6-16-28;1-18-6-2-3-7-20(18)26(32)28-23-10-4-9-22-21(23)8-5-11-24(22)35(33,34)29-19-13-16-30(17-14-19)25(31)12-15-27/h2-5,7,9-13,21-22,30,32H,6,8,14-19H2,1H3,(H,31,35);2-11,21-22,30,32H,12-19H2,1H3,(H,31,35);2-5,7-12,20,30H,6,13-18,28H2,1H3,(H,29,33);2-11,19,29H,12-17,27H2,1H3,(H,28,32)/t22-;;;/m0.../s1. The SMILES string of the molecule is Cc1ccccc1C(=O)Nc1cccc2c(S(=O)(=O)NC3CCN(C(=O)CC4CCNC4)CC3)cccc12.Cc1ccccc1C(=O)Nc1cccc2c(S(=O)(=O)NC3CCN(C(=O)CCCN)CC3)cccc12.Cc1ccccc1C(=O)Nc1cccc2c(S(=O)(=O)NC3CCN(C(=O)CCN)CC3)cccc12.Cc1ccccc1C(=O)Nc1cccc2c(S(=O)(=O)NC3CCN(C(=O)C[C@@H]4CCCN4)CC3)cccc12. The van der Waals surface area contributed by atoms with Crippen LogP contribution in [0.5, 0.6) is 0 Å². The summed E-state index contributed by atoms with van der Waals surface area (Å²) < 4.78 is 119. The lowest BCUT2D eigenvalue weighted by molar-refractivity contribution is -0.133. The molecule has 0 radical (unpaired) electrons. The van der Waals surface area contributed by atoms with E-state index in [2.05, 4.69) is 50.8 Å². The molecule has 14 N–H and O–H groups in total. The number of nitrogens with one attached hydrogen (secondary N) is 10. The van der Waals surface area contributed by atoms with Crippen LogP contribution in [-0.2, 0) is 59.3 Å². The van der Waals surface area contributed by atoms with Gasteiger partial charge in [0.2, 0.25) is 63.7 Å². The highest BCUT2D eigenvalue weighted by molar-refractivity contribution is 7.90. The summed E-state index contributed by atoms with van der Waals surface area (Å²) in [5.41, 5.74) is 18.8. The highest BCUT2D eigenvalue weighted by Gasteiger charge is 2.36. The first-order valence-corrected chi connectivity index (χ1v) is 56.3. The van der Waals surface area contributed by atoms with Crippen molar-refractivity contribution in [2.24, 2.45) is 17.4 Å². The molecule has 1 unspecified atom stereocenters. The lowest BCUT2D eigenvalue weighted by atomic mass is 10.0. The average molecular weight is 2070 g/mol. The first kappa shape index (κ1) is 108. The van der Waals surface area contributed by atoms with Gasteiger partial charge in [0.1, 0.15) is 0 Å². The van der Waals surface area contributed by atoms with Gasteiger partial charge in [0.05, 0.1) is 19.6 Å². The molecule has 6 saturated heterocycles. The maximum Gasteiger partial charge on any atom is 0.255 e. The van der Waals surface area contributed by atoms with Gasteiger partial charge in [-0.15, -0.1) is 0 Å². The van der Waals surface area contributed by atoms with Gasteiger partial charge in [0, 0.05) is 203 Å². The van der Waals surface area contributed by atoms with Crippen LogP contribution in [0.25, 0.3) is 43.1 Å². The van der Waals surface area contributed by atoms with Crippen LogP contribution in [0.3, 0.4) is 0 Å². The molecule has 0 saturated carbocycles. The number of amides is 8. The number of hydrogen-bond acceptors (Lipinski definition) is 20. The zero-order valence-corrected chi connectivity index (χ0v) is 86.4. The summed E-state index contributed by atoms with van der Waals surface area (Å²) in [5, 5.41) is 23.1. The highest BCUT2D eigenvalue weighted by Crippen LogP contribution is 2.37. The second-order valence-electron chi connectivity index (χ2n) is 38.3. The number of carbonyl (C=O) groups is 8. The first-order chi connectivity index (χ1) is 70.7. The van der Waals surface area contributed by atoms with E-state index in [1.54, 1.807) is 174 Å². The molecule has 6 fully saturated rings. The van der Waals surface area contributed by atoms with Gasteiger partial charge in [-0.1, -0.05) is 170 Å². The highest BCUT2D eigenvalue weighted by atomic mass is 32.2. The molecule has 12 aromatic carbocycles. The number of aryl methyl sites for hydroxylation is 4. The Hall–Kier alpha value is -13.1. The number of likely N-dealkylation sites (tertiary alicyclic amines) is 4. The maximum absolute atomic E-state index is 13.5. The number of sulfonamides is 4. The molecule has 0 aliphatic carbocycles. The van der Waals surface area contributed by atoms with E-state index in [0.717, 1.165) is 61.2 Å². The van der Waals surface area contributed by atoms with Crippen molar-refractivity contribution in [3.05, 3.63) is 287 Å². The number of benzene rings is 12. The molecular weight excluding hydrogens is 1940 g/mol. The number of piperidine rings is 4. The summed E-state index contributed by atoms with van der Waals surface area (Å²) in [6.07, 6.45) is 10.1. The quantitative estimate of drug-likeness (QED) is 0.0207. The van der Waals surface area contributed by atoms with Crippen molar-refractivity contribution >= 4 is 153 Å². The second kappa shape index (κ2) is 49.6. The fourth-order valence-electron chi connectivity index (χ4n) is 19.9. The zero-order valence-electron chi connectivity index (χ0n) is 83.2. The van der Waals surface area contributed by atoms with Crippen LogP contribution in [-0.4, -0.2) is 216 Å². The summed E-state index contributed by atoms with van der Waals surface area (Å²) in [6.45, 7) is 15.3. The molecule has 6 aliphatic heterocycles. The molecule has 774 valence electrons. The number of rotatable bonds is 29. The van der Waals surface area contributed by atoms with E-state index in [1.165, 1.54) is 0 Å². The fraction of sp³-hybridized carbons (Fsp3) is 0.351. The predicted molar refractivity (Wildman–Crippen MR) is 575 cm³/mol. The molecule has 36 heteroatoms. The van der Waals surface area contributed by atoms with Gasteiger partial charge in [0.15, 0.2) is 0 Å². The Balaban J connectivity index is 0.000000147. The Morgan fingerprint density at radius 3 is 0.837 bits per heavy atom. The summed E-state index contributed by atoms with van der Waals surface area (Å²) in [4.78, 5) is 109. The average Bonchev–Trinajstić information content (AvgIpc) is 1.40. The van der Waals surface area contributed by atoms with E-state index in [0.29, 0.717) is 243 Å². The van der Waals surface area contributed by atoms with Crippen LogP contribution in [0, 0.1) is 33.6 Å². The van der Waals surface area contributed by atoms with Crippen LogP contribution in [0.1, 0.15) is 166 Å². The lowest BCUT2D eigenvalue weighted by Crippen LogP contribution is -2.47. The molecule has 8 amide bonds. The normalized spacial score (nSPS) is 16.7. The van der Waals surface area contributed by atoms with Gasteiger partial charge >= 0.3 is 0 Å². The van der Waals surface area contributed by atoms with E-state index in [9.17, 15) is 72.0 Å². The number of fused-ring (bicyclic) bond motifs is 4. The number of carbonyl (C=O) groups excluding carboxylic acids is 8. The van der Waals surface area contributed by atoms with Gasteiger partial charge in [-0.2, -0.15) is 0 Å². The summed E-state index contributed by atoms with van der Waals surface area (Å²) >= 11 is 0. The van der Waals surface area contributed by atoms with Gasteiger partial charge in [0.25, 0.3) is 23.6 Å². The number of nitrogens with zero attached hydrogens (tertiary/aromatic N) is 4. The van der Waals surface area contributed by atoms with Crippen molar-refractivity contribution in [1.82, 2.24) is 49.1 Å². The van der Waals surface area contributed by atoms with Crippen molar-refractivity contribution < 1.29 is 72.0 Å². The molecule has 0 spiro atoms. The van der Waals surface area contributed by atoms with Crippen molar-refractivity contribution in [2.75, 3.05) is 106 Å². The molecule has 0 bridgehead atoms. The summed E-state index contributed by atoms with van der Waals surface area (Å²) in [7, 11) is -15.3. The minimum absolute atomic E-state index is 0.00290. The number of anilines is 4. The third-order valence-electron chi connectivity index (χ3n) is 28.1. The lowest BCUT2D eigenvalue weighted by Gasteiger charge is -2.33. The molecule has 0 aromatic heterocycles. The molecule has 6 aliphatic rings. The van der Waals surface area contributed by atoms with Crippen molar-refractivity contribution in [3.8, 4) is 0 Å². The first-order valence-electron chi connectivity index (χ1n) is 50.3. The third kappa shape index (κ3) is 27.5. The minimum Gasteiger partial charge on any atom is -0.343 e. The minimum atomic E-state index is -3.83. The molecule has 32 nitrogen and oxygen atoms in total. The summed E-state index contributed by atoms with van der Waals surface area (Å²) in [6, 6.07) is 69.8. The van der Waals surface area contributed by atoms with Crippen molar-refractivity contribution in [1.29, 1.82) is 0 Å². The van der Waals surface area contributed by atoms with Crippen LogP contribution in [0.2, 0.25) is 0 Å². The topological polar surface area (TPSA) is 458 Å².